The molecule has 448 valence electrons. The molecule has 8 nitrogen and oxygen atoms in total. The Hall–Kier alpha value is -0.320. The molecule has 72 heavy (non-hydrogen) atoms. The lowest BCUT2D eigenvalue weighted by atomic mass is 9.76. The molecule has 3 unspecified atom stereocenters. The van der Waals surface area contributed by atoms with Crippen LogP contribution in [0.5, 0.6) is 0 Å². The maximum absolute atomic E-state index is 3.56. The Labute approximate surface area is 461 Å². The van der Waals surface area contributed by atoms with Crippen LogP contribution in [0.4, 0.5) is 0 Å². The molecular weight excluding hydrogens is 881 g/mol. The van der Waals surface area contributed by atoms with Crippen molar-refractivity contribution < 1.29 is 0 Å². The molecule has 0 bridgehead atoms. The fourth-order valence-corrected chi connectivity index (χ4v) is 6.42. The van der Waals surface area contributed by atoms with E-state index in [4.69, 9.17) is 0 Å². The zero-order valence-corrected chi connectivity index (χ0v) is 58.5. The standard InChI is InChI=1S/C10H23N.2C9H21N.2C8H19N.2C7H17N.C6H15N/c1-8(2)11-10(6,7)9(3,4)5;1-7(2)10-8(3)9(4,5)6;1-7(2)9(5,6)10-8(3)4;1-6-8(4,5)9-7(2)3;1-6(2)8(5)9-7(3)4;1-6(2)8-7(3,4)5;1-5-7(4)8-6(2)3;1-5(2)7-6(3)4/h8,11H,1-7H3;2*7-8,10H,1-6H3;7,9H,6H2,1-5H3;6-9H,1-5H3;6,8H,1-5H3;6-8H,5H2,1-4H3;5-7H,1-4H3. The van der Waals surface area contributed by atoms with Crippen LogP contribution >= 0.6 is 0 Å². The minimum Gasteiger partial charge on any atom is -0.312 e. The molecule has 0 aliphatic rings. The summed E-state index contributed by atoms with van der Waals surface area (Å²) in [6.07, 6.45) is 2.41. The highest BCUT2D eigenvalue weighted by Gasteiger charge is 2.32. The van der Waals surface area contributed by atoms with E-state index in [0.717, 1.165) is 5.92 Å². The third-order valence-corrected chi connectivity index (χ3v) is 12.3. The van der Waals surface area contributed by atoms with Crippen molar-refractivity contribution in [2.75, 3.05) is 0 Å². The lowest BCUT2D eigenvalue weighted by molar-refractivity contribution is 0.164. The zero-order chi connectivity index (χ0) is 60.2. The lowest BCUT2D eigenvalue weighted by Gasteiger charge is -2.41. The summed E-state index contributed by atoms with van der Waals surface area (Å²) in [5.41, 5.74) is 1.76. The predicted octanol–water partition coefficient (Wildman–Crippen LogP) is 16.8. The van der Waals surface area contributed by atoms with Gasteiger partial charge in [-0.25, -0.2) is 0 Å². The second-order valence-electron chi connectivity index (χ2n) is 29.3. The quantitative estimate of drug-likeness (QED) is 0.0649. The molecule has 0 spiro atoms. The van der Waals surface area contributed by atoms with Crippen molar-refractivity contribution in [3.63, 3.8) is 0 Å². The van der Waals surface area contributed by atoms with Crippen molar-refractivity contribution in [1.29, 1.82) is 0 Å². The largest absolute Gasteiger partial charge is 0.312 e. The minimum atomic E-state index is 0.209. The molecule has 0 rings (SSSR count). The van der Waals surface area contributed by atoms with Gasteiger partial charge in [0.1, 0.15) is 0 Å². The first kappa shape index (κ1) is 88.3. The minimum absolute atomic E-state index is 0.209. The fraction of sp³-hybridized carbons (Fsp3) is 1.00. The predicted molar refractivity (Wildman–Crippen MR) is 341 cm³/mol. The van der Waals surface area contributed by atoms with Crippen molar-refractivity contribution in [2.24, 2.45) is 22.7 Å². The van der Waals surface area contributed by atoms with E-state index in [1.807, 2.05) is 0 Å². The fourth-order valence-electron chi connectivity index (χ4n) is 6.42. The maximum atomic E-state index is 3.56. The summed E-state index contributed by atoms with van der Waals surface area (Å²) in [4.78, 5) is 0. The van der Waals surface area contributed by atoms with Crippen LogP contribution in [0, 0.1) is 22.7 Å². The third kappa shape index (κ3) is 76.2. The molecule has 3 atom stereocenters. The van der Waals surface area contributed by atoms with E-state index in [-0.39, 0.29) is 16.6 Å². The second-order valence-corrected chi connectivity index (χ2v) is 29.3. The van der Waals surface area contributed by atoms with Crippen LogP contribution in [0.1, 0.15) is 304 Å². The van der Waals surface area contributed by atoms with Crippen LogP contribution in [-0.4, -0.2) is 94.7 Å². The Bertz CT molecular complexity index is 1100. The summed E-state index contributed by atoms with van der Waals surface area (Å²) in [7, 11) is 0. The van der Waals surface area contributed by atoms with E-state index in [2.05, 4.69) is 333 Å². The van der Waals surface area contributed by atoms with Crippen LogP contribution in [0.2, 0.25) is 0 Å². The van der Waals surface area contributed by atoms with Gasteiger partial charge in [-0.15, -0.1) is 0 Å². The molecule has 8 N–H and O–H groups in total. The van der Waals surface area contributed by atoms with Gasteiger partial charge in [-0.2, -0.15) is 0 Å². The molecule has 8 heteroatoms. The number of hydrogen-bond acceptors (Lipinski definition) is 8. The van der Waals surface area contributed by atoms with E-state index in [1.165, 1.54) is 12.8 Å². The molecule has 0 aliphatic carbocycles. The molecule has 0 heterocycles. The van der Waals surface area contributed by atoms with Gasteiger partial charge in [0.25, 0.3) is 0 Å². The summed E-state index contributed by atoms with van der Waals surface area (Å²) in [5.74, 6) is 1.43. The summed E-state index contributed by atoms with van der Waals surface area (Å²) in [5, 5.41) is 27.6. The van der Waals surface area contributed by atoms with Crippen LogP contribution in [0.25, 0.3) is 0 Å². The Morgan fingerprint density at radius 2 is 0.653 bits per heavy atom. The monoisotopic (exact) mass is 1030 g/mol. The van der Waals surface area contributed by atoms with Gasteiger partial charge >= 0.3 is 0 Å². The van der Waals surface area contributed by atoms with Crippen LogP contribution in [0.3, 0.4) is 0 Å². The highest BCUT2D eigenvalue weighted by molar-refractivity contribution is 4.91. The SMILES string of the molecule is CC(C)NC(C)(C)C.CC(C)NC(C)(C)C(C)(C)C.CC(C)NC(C)(C)C(C)C.CC(C)NC(C)C.CC(C)NC(C)C(C)(C)C.CC(C)NC(C)C(C)C.CCC(C)(C)NC(C)C.CCC(C)NC(C)C. The van der Waals surface area contributed by atoms with Crippen molar-refractivity contribution in [3.8, 4) is 0 Å². The first-order valence-electron chi connectivity index (χ1n) is 29.7. The molecule has 0 aromatic heterocycles. The van der Waals surface area contributed by atoms with Gasteiger partial charge in [-0.1, -0.05) is 208 Å². The normalized spacial score (nSPS) is 13.8. The molecule has 0 aromatic carbocycles. The summed E-state index contributed by atoms with van der Waals surface area (Å²) in [6.45, 7) is 92.7. The summed E-state index contributed by atoms with van der Waals surface area (Å²) in [6, 6.07) is 7.32. The number of hydrogen-bond donors (Lipinski definition) is 8. The van der Waals surface area contributed by atoms with Gasteiger partial charge in [-0.05, 0) is 119 Å². The third-order valence-electron chi connectivity index (χ3n) is 12.3. The topological polar surface area (TPSA) is 96.2 Å². The van der Waals surface area contributed by atoms with Gasteiger partial charge in [0.05, 0.1) is 0 Å². The van der Waals surface area contributed by atoms with E-state index >= 15 is 0 Å². The molecule has 0 saturated carbocycles. The molecule has 0 fully saturated rings. The van der Waals surface area contributed by atoms with Gasteiger partial charge in [0.2, 0.25) is 0 Å². The number of nitrogens with one attached hydrogen (secondary N) is 8. The van der Waals surface area contributed by atoms with Gasteiger partial charge in [0, 0.05) is 94.7 Å². The summed E-state index contributed by atoms with van der Waals surface area (Å²) >= 11 is 0. The molecule has 0 radical (unpaired) electrons. The van der Waals surface area contributed by atoms with Gasteiger partial charge in [-0.3, -0.25) is 0 Å². The second kappa shape index (κ2) is 44.6. The molecule has 0 aromatic rings. The Balaban J connectivity index is -0.000000109. The average Bonchev–Trinajstić information content (AvgIpc) is 3.08. The van der Waals surface area contributed by atoms with Gasteiger partial charge in [0.15, 0.2) is 0 Å². The molecular formula is C64H152N8. The van der Waals surface area contributed by atoms with E-state index < -0.39 is 0 Å². The highest BCUT2D eigenvalue weighted by Crippen LogP contribution is 2.29. The van der Waals surface area contributed by atoms with Crippen LogP contribution < -0.4 is 42.5 Å². The molecule has 0 saturated heterocycles. The Morgan fingerprint density at radius 1 is 0.333 bits per heavy atom. The summed E-state index contributed by atoms with van der Waals surface area (Å²) < 4.78 is 0. The molecule has 0 aliphatic heterocycles. The maximum Gasteiger partial charge on any atom is 0.0175 e. The van der Waals surface area contributed by atoms with Gasteiger partial charge < -0.3 is 42.5 Å². The van der Waals surface area contributed by atoms with E-state index in [1.54, 1.807) is 0 Å². The lowest BCUT2D eigenvalue weighted by Crippen LogP contribution is -2.52. The first-order chi connectivity index (χ1) is 31.6. The van der Waals surface area contributed by atoms with Crippen LogP contribution in [-0.2, 0) is 0 Å². The molecule has 0 amide bonds. The van der Waals surface area contributed by atoms with Crippen molar-refractivity contribution in [3.05, 3.63) is 0 Å². The average molecular weight is 1030 g/mol. The Morgan fingerprint density at radius 3 is 0.736 bits per heavy atom. The smallest absolute Gasteiger partial charge is 0.0175 e. The highest BCUT2D eigenvalue weighted by atomic mass is 15.0. The first-order valence-corrected chi connectivity index (χ1v) is 29.7. The van der Waals surface area contributed by atoms with E-state index in [0.29, 0.717) is 94.8 Å². The van der Waals surface area contributed by atoms with Crippen molar-refractivity contribution in [1.82, 2.24) is 42.5 Å². The van der Waals surface area contributed by atoms with Crippen molar-refractivity contribution in [2.45, 2.75) is 398 Å². The number of rotatable bonds is 19. The zero-order valence-electron chi connectivity index (χ0n) is 58.5. The Kier molecular flexibility index (Phi) is 54.7. The van der Waals surface area contributed by atoms with Crippen LogP contribution in [0.15, 0.2) is 0 Å². The van der Waals surface area contributed by atoms with Crippen molar-refractivity contribution >= 4 is 0 Å². The van der Waals surface area contributed by atoms with E-state index in [9.17, 15) is 0 Å².